The third-order valence-electron chi connectivity index (χ3n) is 4.36. The zero-order valence-electron chi connectivity index (χ0n) is 14.9. The molecule has 0 saturated heterocycles. The maximum absolute atomic E-state index is 12.7. The van der Waals surface area contributed by atoms with Crippen molar-refractivity contribution in [1.29, 1.82) is 0 Å². The third kappa shape index (κ3) is 3.79. The van der Waals surface area contributed by atoms with Gasteiger partial charge in [0.05, 0.1) is 7.11 Å². The lowest BCUT2D eigenvalue weighted by Gasteiger charge is -2.11. The molecule has 0 spiro atoms. The van der Waals surface area contributed by atoms with E-state index in [4.69, 9.17) is 4.74 Å². The summed E-state index contributed by atoms with van der Waals surface area (Å²) in [4.78, 5) is 3.51. The smallest absolute Gasteiger partial charge is 0.244 e. The predicted octanol–water partition coefficient (Wildman–Crippen LogP) is 4.08. The number of halogens is 1. The molecule has 7 heteroatoms. The van der Waals surface area contributed by atoms with Crippen LogP contribution in [0.1, 0.15) is 16.8 Å². The molecule has 2 aromatic carbocycles. The quantitative estimate of drug-likeness (QED) is 0.611. The van der Waals surface area contributed by atoms with Crippen LogP contribution in [0.3, 0.4) is 0 Å². The highest BCUT2D eigenvalue weighted by molar-refractivity contribution is 9.10. The molecule has 3 rings (SSSR count). The van der Waals surface area contributed by atoms with Crippen LogP contribution in [0.15, 0.2) is 45.8 Å². The molecule has 0 fully saturated rings. The molecule has 0 aliphatic carbocycles. The predicted molar refractivity (Wildman–Crippen MR) is 107 cm³/mol. The van der Waals surface area contributed by atoms with Gasteiger partial charge in [0.25, 0.3) is 0 Å². The molecule has 1 heterocycles. The van der Waals surface area contributed by atoms with Gasteiger partial charge >= 0.3 is 0 Å². The molecule has 0 atom stereocenters. The molecule has 1 aromatic heterocycles. The van der Waals surface area contributed by atoms with Gasteiger partial charge < -0.3 is 9.72 Å². The number of hydrogen-bond donors (Lipinski definition) is 2. The van der Waals surface area contributed by atoms with Crippen LogP contribution in [0.5, 0.6) is 5.75 Å². The Labute approximate surface area is 161 Å². The molecular formula is C19H21BrN2O3S. The number of rotatable bonds is 6. The van der Waals surface area contributed by atoms with Gasteiger partial charge in [-0.1, -0.05) is 22.0 Å². The number of benzene rings is 2. The molecule has 0 radical (unpaired) electrons. The van der Waals surface area contributed by atoms with Crippen LogP contribution >= 0.6 is 15.9 Å². The second-order valence-electron chi connectivity index (χ2n) is 6.22. The lowest BCUT2D eigenvalue weighted by Crippen LogP contribution is -2.26. The Morgan fingerprint density at radius 3 is 2.65 bits per heavy atom. The number of methoxy groups -OCH3 is 1. The van der Waals surface area contributed by atoms with Crippen molar-refractivity contribution < 1.29 is 13.2 Å². The van der Waals surface area contributed by atoms with E-state index in [0.717, 1.165) is 32.2 Å². The molecule has 138 valence electrons. The molecule has 0 amide bonds. The van der Waals surface area contributed by atoms with E-state index in [1.807, 2.05) is 38.1 Å². The summed E-state index contributed by atoms with van der Waals surface area (Å²) in [7, 11) is -2.18. The first-order valence-electron chi connectivity index (χ1n) is 8.23. The highest BCUT2D eigenvalue weighted by Gasteiger charge is 2.19. The number of aromatic amines is 1. The lowest BCUT2D eigenvalue weighted by molar-refractivity contribution is 0.402. The Morgan fingerprint density at radius 2 is 1.92 bits per heavy atom. The fourth-order valence-corrected chi connectivity index (χ4v) is 4.70. The van der Waals surface area contributed by atoms with E-state index in [1.165, 1.54) is 7.11 Å². The molecular weight excluding hydrogens is 416 g/mol. The van der Waals surface area contributed by atoms with Gasteiger partial charge in [0.1, 0.15) is 10.6 Å². The Hall–Kier alpha value is -1.83. The molecule has 3 aromatic rings. The number of H-pyrrole nitrogens is 1. The van der Waals surface area contributed by atoms with E-state index in [1.54, 1.807) is 12.1 Å². The zero-order valence-corrected chi connectivity index (χ0v) is 17.3. The van der Waals surface area contributed by atoms with Gasteiger partial charge in [-0.25, -0.2) is 13.1 Å². The van der Waals surface area contributed by atoms with E-state index >= 15 is 0 Å². The van der Waals surface area contributed by atoms with Gasteiger partial charge in [0.2, 0.25) is 10.0 Å². The number of ether oxygens (including phenoxy) is 1. The van der Waals surface area contributed by atoms with Crippen molar-refractivity contribution >= 4 is 36.9 Å². The minimum absolute atomic E-state index is 0.165. The summed E-state index contributed by atoms with van der Waals surface area (Å²) in [5, 5.41) is 1.10. The standard InChI is InChI=1S/C19H21BrN2O3S/c1-12-4-7-18(25-3)19(10-12)26(23,24)21-9-8-15-13(2)22-17-6-5-14(20)11-16(15)17/h4-7,10-11,21-22H,8-9H2,1-3H3. The number of fused-ring (bicyclic) bond motifs is 1. The van der Waals surface area contributed by atoms with Gasteiger partial charge in [0.15, 0.2) is 0 Å². The highest BCUT2D eigenvalue weighted by atomic mass is 79.9. The van der Waals surface area contributed by atoms with E-state index < -0.39 is 10.0 Å². The van der Waals surface area contributed by atoms with Crippen LogP contribution in [0, 0.1) is 13.8 Å². The van der Waals surface area contributed by atoms with Crippen molar-refractivity contribution in [3.05, 3.63) is 57.7 Å². The van der Waals surface area contributed by atoms with E-state index in [2.05, 4.69) is 25.6 Å². The molecule has 0 bridgehead atoms. The molecule has 0 aliphatic heterocycles. The average Bonchev–Trinajstić information content (AvgIpc) is 2.90. The van der Waals surface area contributed by atoms with Crippen molar-refractivity contribution in [2.24, 2.45) is 0 Å². The maximum atomic E-state index is 12.7. The van der Waals surface area contributed by atoms with E-state index in [9.17, 15) is 8.42 Å². The van der Waals surface area contributed by atoms with Gasteiger partial charge in [-0.3, -0.25) is 0 Å². The molecule has 26 heavy (non-hydrogen) atoms. The summed E-state index contributed by atoms with van der Waals surface area (Å²) < 4.78 is 34.3. The summed E-state index contributed by atoms with van der Waals surface area (Å²) in [5.41, 5.74) is 4.07. The SMILES string of the molecule is COc1ccc(C)cc1S(=O)(=O)NCCc1c(C)[nH]c2ccc(Br)cc12. The van der Waals surface area contributed by atoms with Crippen molar-refractivity contribution in [2.45, 2.75) is 25.2 Å². The minimum Gasteiger partial charge on any atom is -0.495 e. The first kappa shape index (κ1) is 18.9. The van der Waals surface area contributed by atoms with Gasteiger partial charge in [-0.15, -0.1) is 0 Å². The van der Waals surface area contributed by atoms with Crippen LogP contribution in [-0.2, 0) is 16.4 Å². The van der Waals surface area contributed by atoms with Crippen molar-refractivity contribution in [3.8, 4) is 5.75 Å². The van der Waals surface area contributed by atoms with Crippen molar-refractivity contribution in [1.82, 2.24) is 9.71 Å². The monoisotopic (exact) mass is 436 g/mol. The average molecular weight is 437 g/mol. The Balaban J connectivity index is 1.81. The number of nitrogens with one attached hydrogen (secondary N) is 2. The topological polar surface area (TPSA) is 71.2 Å². The van der Waals surface area contributed by atoms with Gasteiger partial charge in [-0.2, -0.15) is 0 Å². The normalized spacial score (nSPS) is 11.8. The number of hydrogen-bond acceptors (Lipinski definition) is 3. The summed E-state index contributed by atoms with van der Waals surface area (Å²) in [5.74, 6) is 0.343. The minimum atomic E-state index is -3.65. The molecule has 0 unspecified atom stereocenters. The van der Waals surface area contributed by atoms with Gasteiger partial charge in [0, 0.05) is 27.6 Å². The molecule has 5 nitrogen and oxygen atoms in total. The fraction of sp³-hybridized carbons (Fsp3) is 0.263. The third-order valence-corrected chi connectivity index (χ3v) is 6.33. The van der Waals surface area contributed by atoms with Crippen LogP contribution in [0.25, 0.3) is 10.9 Å². The number of aryl methyl sites for hydroxylation is 2. The Bertz CT molecular complexity index is 1060. The van der Waals surface area contributed by atoms with Crippen LogP contribution in [0.4, 0.5) is 0 Å². The molecule has 0 aliphatic rings. The summed E-state index contributed by atoms with van der Waals surface area (Å²) in [6.45, 7) is 4.16. The summed E-state index contributed by atoms with van der Waals surface area (Å²) in [6, 6.07) is 11.2. The van der Waals surface area contributed by atoms with E-state index in [-0.39, 0.29) is 4.90 Å². The highest BCUT2D eigenvalue weighted by Crippen LogP contribution is 2.27. The largest absolute Gasteiger partial charge is 0.495 e. The second-order valence-corrected chi connectivity index (χ2v) is 8.87. The van der Waals surface area contributed by atoms with Crippen molar-refractivity contribution in [3.63, 3.8) is 0 Å². The fourth-order valence-electron chi connectivity index (χ4n) is 3.06. The molecule has 2 N–H and O–H groups in total. The molecule has 0 saturated carbocycles. The Morgan fingerprint density at radius 1 is 1.15 bits per heavy atom. The second kappa shape index (κ2) is 7.42. The zero-order chi connectivity index (χ0) is 18.9. The van der Waals surface area contributed by atoms with Crippen LogP contribution < -0.4 is 9.46 Å². The van der Waals surface area contributed by atoms with E-state index in [0.29, 0.717) is 18.7 Å². The van der Waals surface area contributed by atoms with Crippen LogP contribution in [-0.4, -0.2) is 27.1 Å². The lowest BCUT2D eigenvalue weighted by atomic mass is 10.1. The number of sulfonamides is 1. The Kier molecular flexibility index (Phi) is 5.41. The first-order chi connectivity index (χ1) is 12.3. The van der Waals surface area contributed by atoms with Crippen LogP contribution in [0.2, 0.25) is 0 Å². The first-order valence-corrected chi connectivity index (χ1v) is 10.5. The maximum Gasteiger partial charge on any atom is 0.244 e. The number of aromatic nitrogens is 1. The van der Waals surface area contributed by atoms with Crippen molar-refractivity contribution in [2.75, 3.05) is 13.7 Å². The van der Waals surface area contributed by atoms with Gasteiger partial charge in [-0.05, 0) is 61.7 Å². The summed E-state index contributed by atoms with van der Waals surface area (Å²) >= 11 is 3.49. The summed E-state index contributed by atoms with van der Waals surface area (Å²) in [6.07, 6.45) is 0.593.